The van der Waals surface area contributed by atoms with E-state index in [4.69, 9.17) is 9.63 Å². The van der Waals surface area contributed by atoms with Gasteiger partial charge in [0.1, 0.15) is 5.76 Å². The third-order valence-electron chi connectivity index (χ3n) is 4.08. The van der Waals surface area contributed by atoms with Gasteiger partial charge in [0.25, 0.3) is 5.91 Å². The Morgan fingerprint density at radius 3 is 2.57 bits per heavy atom. The van der Waals surface area contributed by atoms with Crippen LogP contribution in [0.25, 0.3) is 5.82 Å². The minimum absolute atomic E-state index is 0.0511. The van der Waals surface area contributed by atoms with Crippen LogP contribution in [0.1, 0.15) is 47.8 Å². The van der Waals surface area contributed by atoms with Crippen molar-refractivity contribution in [1.29, 1.82) is 0 Å². The topological polar surface area (TPSA) is 80.3 Å². The molecule has 0 aliphatic heterocycles. The minimum Gasteiger partial charge on any atom is -0.396 e. The molecule has 0 spiro atoms. The molecule has 126 valence electrons. The average Bonchev–Trinajstić information content (AvgIpc) is 3.01. The third kappa shape index (κ3) is 3.64. The Kier molecular flexibility index (Phi) is 5.26. The van der Waals surface area contributed by atoms with Crippen molar-refractivity contribution in [3.8, 4) is 5.82 Å². The lowest BCUT2D eigenvalue weighted by atomic mass is 10.0. The van der Waals surface area contributed by atoms with E-state index in [1.54, 1.807) is 0 Å². The summed E-state index contributed by atoms with van der Waals surface area (Å²) in [6.45, 7) is 9.77. The molecule has 0 saturated carbocycles. The van der Waals surface area contributed by atoms with E-state index in [9.17, 15) is 4.79 Å². The van der Waals surface area contributed by atoms with Crippen molar-refractivity contribution >= 4 is 5.91 Å². The number of aliphatic hydroxyl groups excluding tert-OH is 1. The van der Waals surface area contributed by atoms with Gasteiger partial charge >= 0.3 is 0 Å². The number of aliphatic hydroxyl groups is 1. The molecular formula is C17H25N3O3. The second-order valence-electron chi connectivity index (χ2n) is 6.25. The number of nitrogens with zero attached hydrogens (tertiary/aromatic N) is 2. The molecular weight excluding hydrogens is 294 g/mol. The summed E-state index contributed by atoms with van der Waals surface area (Å²) < 4.78 is 7.03. The zero-order valence-electron chi connectivity index (χ0n) is 14.4. The zero-order valence-corrected chi connectivity index (χ0v) is 14.4. The Morgan fingerprint density at radius 2 is 2.04 bits per heavy atom. The highest BCUT2D eigenvalue weighted by Crippen LogP contribution is 2.21. The van der Waals surface area contributed by atoms with Gasteiger partial charge in [0.05, 0.1) is 5.56 Å². The summed E-state index contributed by atoms with van der Waals surface area (Å²) in [6, 6.07) is 3.64. The lowest BCUT2D eigenvalue weighted by Gasteiger charge is -2.21. The maximum Gasteiger partial charge on any atom is 0.253 e. The highest BCUT2D eigenvalue weighted by Gasteiger charge is 2.22. The quantitative estimate of drug-likeness (QED) is 0.857. The Labute approximate surface area is 136 Å². The van der Waals surface area contributed by atoms with E-state index in [0.717, 1.165) is 17.1 Å². The molecule has 1 unspecified atom stereocenters. The van der Waals surface area contributed by atoms with E-state index in [2.05, 4.69) is 10.5 Å². The number of hydrogen-bond acceptors (Lipinski definition) is 4. The van der Waals surface area contributed by atoms with Crippen molar-refractivity contribution in [3.05, 3.63) is 34.8 Å². The summed E-state index contributed by atoms with van der Waals surface area (Å²) in [5.41, 5.74) is 2.36. The molecule has 0 bridgehead atoms. The van der Waals surface area contributed by atoms with Gasteiger partial charge in [-0.2, -0.15) is 0 Å². The van der Waals surface area contributed by atoms with Gasteiger partial charge in [0.15, 0.2) is 5.82 Å². The van der Waals surface area contributed by atoms with Crippen LogP contribution in [0.2, 0.25) is 0 Å². The van der Waals surface area contributed by atoms with Gasteiger partial charge in [-0.15, -0.1) is 0 Å². The van der Waals surface area contributed by atoms with Crippen molar-refractivity contribution in [2.45, 2.75) is 47.1 Å². The van der Waals surface area contributed by atoms with Crippen LogP contribution in [0.3, 0.4) is 0 Å². The first-order valence-electron chi connectivity index (χ1n) is 7.89. The molecule has 23 heavy (non-hydrogen) atoms. The normalized spacial score (nSPS) is 12.7. The smallest absolute Gasteiger partial charge is 0.253 e. The van der Waals surface area contributed by atoms with Gasteiger partial charge in [0.2, 0.25) is 0 Å². The SMILES string of the molecule is Cc1cc(-n2c(C)cc(C(=O)NC(CCO)C(C)C)c2C)no1. The lowest BCUT2D eigenvalue weighted by molar-refractivity contribution is 0.0916. The number of amides is 1. The van der Waals surface area contributed by atoms with Crippen LogP contribution >= 0.6 is 0 Å². The maximum atomic E-state index is 12.6. The van der Waals surface area contributed by atoms with Crippen molar-refractivity contribution in [3.63, 3.8) is 0 Å². The molecule has 0 saturated heterocycles. The number of aromatic nitrogens is 2. The van der Waals surface area contributed by atoms with Crippen LogP contribution in [0.4, 0.5) is 0 Å². The molecule has 2 aromatic rings. The van der Waals surface area contributed by atoms with Crippen LogP contribution in [0.5, 0.6) is 0 Å². The fourth-order valence-corrected chi connectivity index (χ4v) is 2.76. The fraction of sp³-hybridized carbons (Fsp3) is 0.529. The molecule has 1 atom stereocenters. The van der Waals surface area contributed by atoms with Gasteiger partial charge in [0, 0.05) is 30.1 Å². The molecule has 1 amide bonds. The highest BCUT2D eigenvalue weighted by atomic mass is 16.5. The summed E-state index contributed by atoms with van der Waals surface area (Å²) in [7, 11) is 0. The predicted octanol–water partition coefficient (Wildman–Crippen LogP) is 2.53. The molecule has 2 rings (SSSR count). The molecule has 2 heterocycles. The number of hydrogen-bond donors (Lipinski definition) is 2. The molecule has 0 aromatic carbocycles. The summed E-state index contributed by atoms with van der Waals surface area (Å²) in [6.07, 6.45) is 0.546. The largest absolute Gasteiger partial charge is 0.396 e. The first-order valence-corrected chi connectivity index (χ1v) is 7.89. The molecule has 6 nitrogen and oxygen atoms in total. The first-order chi connectivity index (χ1) is 10.8. The summed E-state index contributed by atoms with van der Waals surface area (Å²) in [5.74, 6) is 1.53. The van der Waals surface area contributed by atoms with Crippen molar-refractivity contribution in [2.24, 2.45) is 5.92 Å². The molecule has 0 fully saturated rings. The van der Waals surface area contributed by atoms with E-state index >= 15 is 0 Å². The lowest BCUT2D eigenvalue weighted by Crippen LogP contribution is -2.39. The predicted molar refractivity (Wildman–Crippen MR) is 87.8 cm³/mol. The number of rotatable bonds is 6. The Balaban J connectivity index is 2.28. The first kappa shape index (κ1) is 17.3. The van der Waals surface area contributed by atoms with Crippen LogP contribution in [0.15, 0.2) is 16.7 Å². The van der Waals surface area contributed by atoms with Crippen molar-refractivity contribution < 1.29 is 14.4 Å². The summed E-state index contributed by atoms with van der Waals surface area (Å²) in [5, 5.41) is 16.2. The standard InChI is InChI=1S/C17H25N3O3/c1-10(2)15(6-7-21)18-17(22)14-8-11(3)20(13(14)5)16-9-12(4)23-19-16/h8-10,15,21H,6-7H2,1-5H3,(H,18,22). The van der Waals surface area contributed by atoms with Crippen molar-refractivity contribution in [1.82, 2.24) is 15.0 Å². The summed E-state index contributed by atoms with van der Waals surface area (Å²) in [4.78, 5) is 12.6. The van der Waals surface area contributed by atoms with E-state index < -0.39 is 0 Å². The number of aryl methyl sites for hydroxylation is 2. The van der Waals surface area contributed by atoms with Gasteiger partial charge in [-0.05, 0) is 39.2 Å². The Morgan fingerprint density at radius 1 is 1.35 bits per heavy atom. The fourth-order valence-electron chi connectivity index (χ4n) is 2.76. The molecule has 6 heteroatoms. The Hall–Kier alpha value is -2.08. The van der Waals surface area contributed by atoms with Crippen molar-refractivity contribution in [2.75, 3.05) is 6.61 Å². The van der Waals surface area contributed by atoms with Crippen LogP contribution < -0.4 is 5.32 Å². The van der Waals surface area contributed by atoms with Gasteiger partial charge in [-0.25, -0.2) is 0 Å². The molecule has 0 aliphatic carbocycles. The van der Waals surface area contributed by atoms with Crippen LogP contribution in [-0.4, -0.2) is 33.4 Å². The second kappa shape index (κ2) is 7.00. The highest BCUT2D eigenvalue weighted by molar-refractivity contribution is 5.96. The number of carbonyl (C=O) groups is 1. The molecule has 0 radical (unpaired) electrons. The Bertz CT molecular complexity index is 685. The van der Waals surface area contributed by atoms with E-state index in [1.165, 1.54) is 0 Å². The minimum atomic E-state index is -0.128. The van der Waals surface area contributed by atoms with Gasteiger partial charge < -0.3 is 14.9 Å². The monoisotopic (exact) mass is 319 g/mol. The molecule has 2 N–H and O–H groups in total. The second-order valence-corrected chi connectivity index (χ2v) is 6.25. The number of nitrogens with one attached hydrogen (secondary N) is 1. The zero-order chi connectivity index (χ0) is 17.1. The average molecular weight is 319 g/mol. The van der Waals surface area contributed by atoms with E-state index in [1.807, 2.05) is 51.3 Å². The molecule has 2 aromatic heterocycles. The molecule has 0 aliphatic rings. The van der Waals surface area contributed by atoms with Gasteiger partial charge in [-0.1, -0.05) is 19.0 Å². The van der Waals surface area contributed by atoms with E-state index in [-0.39, 0.29) is 24.5 Å². The number of carbonyl (C=O) groups excluding carboxylic acids is 1. The third-order valence-corrected chi connectivity index (χ3v) is 4.08. The van der Waals surface area contributed by atoms with E-state index in [0.29, 0.717) is 17.8 Å². The summed E-state index contributed by atoms with van der Waals surface area (Å²) >= 11 is 0. The van der Waals surface area contributed by atoms with Crippen LogP contribution in [-0.2, 0) is 0 Å². The maximum absolute atomic E-state index is 12.6. The van der Waals surface area contributed by atoms with Crippen LogP contribution in [0, 0.1) is 26.7 Å². The van der Waals surface area contributed by atoms with Gasteiger partial charge in [-0.3, -0.25) is 9.36 Å².